The summed E-state index contributed by atoms with van der Waals surface area (Å²) in [5, 5.41) is 12.7. The minimum atomic E-state index is -1.37. The van der Waals surface area contributed by atoms with Gasteiger partial charge in [-0.3, -0.25) is 0 Å². The Labute approximate surface area is 516 Å². The molecular formula is C74H78O14. The molecule has 88 heavy (non-hydrogen) atoms. The SMILES string of the molecule is O[C@@H]1[C@H](OC[C@H]2OC=C[C@@H](OCc3ccccc3)[C@@H]2OCc2ccccc2)O[C@H](CO[C@@H]2O[C@H](COCc3ccccc3)[C@@H](OCc3ccccc3)[C@H](OCc3ccccc3)[C@H]2OCc2ccccc2)[C@@H](OCc2ccccc2)[C@@H]1OCc1ccccc1. The molecule has 0 bridgehead atoms. The van der Waals surface area contributed by atoms with Crippen LogP contribution in [0.15, 0.2) is 255 Å². The molecular weight excluding hydrogens is 1110 g/mol. The maximum absolute atomic E-state index is 12.7. The van der Waals surface area contributed by atoms with Crippen LogP contribution >= 0.6 is 0 Å². The number of ether oxygens (including phenoxy) is 13. The Morgan fingerprint density at radius 3 is 1.01 bits per heavy atom. The van der Waals surface area contributed by atoms with Gasteiger partial charge in [0.15, 0.2) is 18.7 Å². The monoisotopic (exact) mass is 1190 g/mol. The lowest BCUT2D eigenvalue weighted by Gasteiger charge is -2.47. The maximum atomic E-state index is 12.7. The van der Waals surface area contributed by atoms with Crippen molar-refractivity contribution in [3.63, 3.8) is 0 Å². The predicted molar refractivity (Wildman–Crippen MR) is 330 cm³/mol. The molecule has 0 aromatic heterocycles. The van der Waals surface area contributed by atoms with Crippen molar-refractivity contribution in [2.75, 3.05) is 19.8 Å². The van der Waals surface area contributed by atoms with E-state index in [0.717, 1.165) is 44.5 Å². The fourth-order valence-electron chi connectivity index (χ4n) is 11.0. The largest absolute Gasteiger partial charge is 0.493 e. The van der Waals surface area contributed by atoms with Crippen LogP contribution in [-0.4, -0.2) is 105 Å². The van der Waals surface area contributed by atoms with E-state index in [1.807, 2.05) is 249 Å². The third-order valence-electron chi connectivity index (χ3n) is 15.7. The van der Waals surface area contributed by atoms with Gasteiger partial charge in [-0.15, -0.1) is 0 Å². The lowest BCUT2D eigenvalue weighted by atomic mass is 9.97. The minimum absolute atomic E-state index is 0.0676. The predicted octanol–water partition coefficient (Wildman–Crippen LogP) is 12.1. The zero-order valence-corrected chi connectivity index (χ0v) is 49.3. The lowest BCUT2D eigenvalue weighted by molar-refractivity contribution is -0.351. The van der Waals surface area contributed by atoms with Gasteiger partial charge in [0.1, 0.15) is 61.0 Å². The summed E-state index contributed by atoms with van der Waals surface area (Å²) < 4.78 is 88.9. The average molecular weight is 1190 g/mol. The van der Waals surface area contributed by atoms with Crippen LogP contribution in [0.3, 0.4) is 0 Å². The van der Waals surface area contributed by atoms with Crippen LogP contribution in [0.4, 0.5) is 0 Å². The van der Waals surface area contributed by atoms with Crippen LogP contribution in [0.1, 0.15) is 44.5 Å². The molecule has 3 aliphatic heterocycles. The van der Waals surface area contributed by atoms with Gasteiger partial charge in [-0.05, 0) is 50.6 Å². The van der Waals surface area contributed by atoms with Gasteiger partial charge in [0, 0.05) is 0 Å². The normalized spacial score (nSPS) is 25.2. The first-order valence-corrected chi connectivity index (χ1v) is 30.3. The molecule has 2 fully saturated rings. The van der Waals surface area contributed by atoms with Gasteiger partial charge in [0.05, 0.1) is 78.9 Å². The number of hydrogen-bond donors (Lipinski definition) is 1. The first-order chi connectivity index (χ1) is 43.6. The second kappa shape index (κ2) is 33.4. The van der Waals surface area contributed by atoms with Crippen molar-refractivity contribution in [3.8, 4) is 0 Å². The van der Waals surface area contributed by atoms with Crippen LogP contribution in [0.5, 0.6) is 0 Å². The Morgan fingerprint density at radius 2 is 0.580 bits per heavy atom. The molecule has 3 aliphatic rings. The molecule has 3 heterocycles. The summed E-state index contributed by atoms with van der Waals surface area (Å²) in [7, 11) is 0. The van der Waals surface area contributed by atoms with Gasteiger partial charge in [-0.2, -0.15) is 0 Å². The van der Waals surface area contributed by atoms with Gasteiger partial charge in [0.25, 0.3) is 0 Å². The van der Waals surface area contributed by atoms with E-state index in [2.05, 4.69) is 0 Å². The molecule has 0 aliphatic carbocycles. The van der Waals surface area contributed by atoms with Gasteiger partial charge in [-0.25, -0.2) is 0 Å². The molecule has 13 atom stereocenters. The Hall–Kier alpha value is -7.22. The summed E-state index contributed by atoms with van der Waals surface area (Å²) >= 11 is 0. The summed E-state index contributed by atoms with van der Waals surface area (Å²) in [5.74, 6) is 0. The summed E-state index contributed by atoms with van der Waals surface area (Å²) in [6.45, 7) is 1.90. The standard InChI is InChI=1S/C74H78O14/c75-66-70(82-48-59-35-19-6-20-36-59)68(80-46-57-31-15-4-16-32-57)65(87-73(66)85-52-63-67(79-45-56-29-13-3-14-30-56)62(41-42-77-63)78-44-55-27-11-2-12-28-55)53-86-74-72(84-50-61-39-23-8-24-40-61)71(83-49-60-37-21-7-22-38-60)69(81-47-58-33-17-5-18-34-58)64(88-74)51-76-43-54-25-9-1-10-26-54/h1-42,62-75H,43-53H2/t62-,63-,64-,65-,66+,67+,68-,69-,70-,71+,72-,73-,74-/m1/s1. The molecule has 0 spiro atoms. The second-order valence-electron chi connectivity index (χ2n) is 22.1. The van der Waals surface area contributed by atoms with E-state index in [-0.39, 0.29) is 52.9 Å². The van der Waals surface area contributed by atoms with Crippen LogP contribution in [-0.2, 0) is 114 Å². The highest BCUT2D eigenvalue weighted by molar-refractivity contribution is 5.20. The quantitative estimate of drug-likeness (QED) is 0.0441. The Bertz CT molecular complexity index is 3210. The molecule has 11 rings (SSSR count). The van der Waals surface area contributed by atoms with Gasteiger partial charge in [-0.1, -0.05) is 243 Å². The molecule has 0 saturated carbocycles. The van der Waals surface area contributed by atoms with Crippen LogP contribution < -0.4 is 0 Å². The average Bonchev–Trinajstić information content (AvgIpc) is 2.09. The summed E-state index contributed by atoms with van der Waals surface area (Å²) in [6, 6.07) is 79.6. The molecule has 458 valence electrons. The Balaban J connectivity index is 0.910. The fourth-order valence-corrected chi connectivity index (χ4v) is 11.0. The van der Waals surface area contributed by atoms with E-state index in [1.54, 1.807) is 6.26 Å². The van der Waals surface area contributed by atoms with Crippen LogP contribution in [0, 0.1) is 0 Å². The van der Waals surface area contributed by atoms with Gasteiger partial charge in [0.2, 0.25) is 0 Å². The van der Waals surface area contributed by atoms with Crippen molar-refractivity contribution in [2.45, 2.75) is 133 Å². The van der Waals surface area contributed by atoms with E-state index < -0.39 is 79.7 Å². The number of hydrogen-bond acceptors (Lipinski definition) is 14. The Kier molecular flexibility index (Phi) is 23.7. The summed E-state index contributed by atoms with van der Waals surface area (Å²) in [4.78, 5) is 0. The number of rotatable bonds is 31. The van der Waals surface area contributed by atoms with Crippen LogP contribution in [0.2, 0.25) is 0 Å². The van der Waals surface area contributed by atoms with Crippen molar-refractivity contribution in [3.05, 3.63) is 300 Å². The summed E-state index contributed by atoms with van der Waals surface area (Å²) in [6.07, 6.45) is -8.07. The highest BCUT2D eigenvalue weighted by atomic mass is 16.8. The number of benzene rings is 8. The molecule has 0 amide bonds. The molecule has 0 radical (unpaired) electrons. The lowest BCUT2D eigenvalue weighted by Crippen LogP contribution is -2.64. The fraction of sp³-hybridized carbons (Fsp3) is 0.324. The molecule has 8 aromatic rings. The third kappa shape index (κ3) is 18.2. The number of aliphatic hydroxyl groups is 1. The highest BCUT2D eigenvalue weighted by Gasteiger charge is 2.52. The van der Waals surface area contributed by atoms with E-state index in [1.165, 1.54) is 0 Å². The number of aliphatic hydroxyl groups excluding tert-OH is 1. The topological polar surface area (TPSA) is 140 Å². The molecule has 2 saturated heterocycles. The molecule has 14 nitrogen and oxygen atoms in total. The van der Waals surface area contributed by atoms with Crippen molar-refractivity contribution in [1.29, 1.82) is 0 Å². The molecule has 1 N–H and O–H groups in total. The van der Waals surface area contributed by atoms with Gasteiger partial charge >= 0.3 is 0 Å². The smallest absolute Gasteiger partial charge is 0.187 e. The van der Waals surface area contributed by atoms with Crippen molar-refractivity contribution < 1.29 is 66.7 Å². The minimum Gasteiger partial charge on any atom is -0.493 e. The second-order valence-corrected chi connectivity index (χ2v) is 22.1. The van der Waals surface area contributed by atoms with Gasteiger partial charge < -0.3 is 66.7 Å². The first-order valence-electron chi connectivity index (χ1n) is 30.3. The van der Waals surface area contributed by atoms with Crippen molar-refractivity contribution in [1.82, 2.24) is 0 Å². The van der Waals surface area contributed by atoms with E-state index >= 15 is 0 Å². The highest BCUT2D eigenvalue weighted by Crippen LogP contribution is 2.35. The maximum Gasteiger partial charge on any atom is 0.187 e. The first kappa shape index (κ1) is 62.4. The molecule has 8 aromatic carbocycles. The van der Waals surface area contributed by atoms with E-state index in [4.69, 9.17) is 61.6 Å². The summed E-state index contributed by atoms with van der Waals surface area (Å²) in [5.41, 5.74) is 7.69. The molecule has 0 unspecified atom stereocenters. The zero-order chi connectivity index (χ0) is 59.8. The van der Waals surface area contributed by atoms with E-state index in [9.17, 15) is 5.11 Å². The Morgan fingerprint density at radius 1 is 0.273 bits per heavy atom. The molecule has 14 heteroatoms. The third-order valence-corrected chi connectivity index (χ3v) is 15.7. The van der Waals surface area contributed by atoms with Crippen molar-refractivity contribution in [2.24, 2.45) is 0 Å². The zero-order valence-electron chi connectivity index (χ0n) is 49.3. The van der Waals surface area contributed by atoms with Crippen molar-refractivity contribution >= 4 is 0 Å². The van der Waals surface area contributed by atoms with Crippen LogP contribution in [0.25, 0.3) is 0 Å². The van der Waals surface area contributed by atoms with E-state index in [0.29, 0.717) is 19.8 Å².